The lowest BCUT2D eigenvalue weighted by Gasteiger charge is -2.30. The van der Waals surface area contributed by atoms with Crippen molar-refractivity contribution in [1.29, 1.82) is 0 Å². The van der Waals surface area contributed by atoms with Crippen molar-refractivity contribution in [2.24, 2.45) is 11.8 Å². The maximum absolute atomic E-state index is 12.3. The zero-order valence-corrected chi connectivity index (χ0v) is 17.1. The molecule has 0 aliphatic heterocycles. The van der Waals surface area contributed by atoms with Crippen LogP contribution in [0.3, 0.4) is 0 Å². The van der Waals surface area contributed by atoms with E-state index in [1.807, 2.05) is 12.1 Å². The van der Waals surface area contributed by atoms with Gasteiger partial charge in [0.2, 0.25) is 0 Å². The Kier molecular flexibility index (Phi) is 7.02. The van der Waals surface area contributed by atoms with Gasteiger partial charge in [0.25, 0.3) is 0 Å². The summed E-state index contributed by atoms with van der Waals surface area (Å²) in [5.74, 6) is 0.648. The molecule has 1 aromatic rings. The fourth-order valence-corrected chi connectivity index (χ4v) is 6.73. The van der Waals surface area contributed by atoms with Crippen LogP contribution in [0.1, 0.15) is 57.3 Å². The summed E-state index contributed by atoms with van der Waals surface area (Å²) in [5, 5.41) is 1.32. The second-order valence-corrected chi connectivity index (χ2v) is 12.3. The van der Waals surface area contributed by atoms with Crippen LogP contribution < -0.4 is 5.19 Å². The van der Waals surface area contributed by atoms with Crippen LogP contribution in [0.2, 0.25) is 12.1 Å². The highest BCUT2D eigenvalue weighted by molar-refractivity contribution is 6.95. The molecule has 1 saturated carbocycles. The van der Waals surface area contributed by atoms with E-state index >= 15 is 0 Å². The Labute approximate surface area is 153 Å². The van der Waals surface area contributed by atoms with Gasteiger partial charge in [0.15, 0.2) is 0 Å². The first kappa shape index (κ1) is 19.9. The van der Waals surface area contributed by atoms with E-state index in [1.165, 1.54) is 11.6 Å². The topological polar surface area (TPSA) is 35.5 Å². The van der Waals surface area contributed by atoms with Gasteiger partial charge in [0, 0.05) is 0 Å². The van der Waals surface area contributed by atoms with Crippen LogP contribution in [-0.4, -0.2) is 20.1 Å². The van der Waals surface area contributed by atoms with Crippen molar-refractivity contribution in [3.05, 3.63) is 42.1 Å². The summed E-state index contributed by atoms with van der Waals surface area (Å²) in [6.45, 7) is 12.9. The predicted molar refractivity (Wildman–Crippen MR) is 105 cm³/mol. The number of benzene rings is 1. The second-order valence-electron chi connectivity index (χ2n) is 7.55. The summed E-state index contributed by atoms with van der Waals surface area (Å²) in [5.41, 5.74) is 2.69. The van der Waals surface area contributed by atoms with Gasteiger partial charge in [-0.15, -0.1) is 6.58 Å². The maximum Gasteiger partial charge on any atom is 0.373 e. The predicted octanol–water partition coefficient (Wildman–Crippen LogP) is 5.02. The van der Waals surface area contributed by atoms with Gasteiger partial charge in [0.05, 0.1) is 5.56 Å². The van der Waals surface area contributed by atoms with E-state index in [-0.39, 0.29) is 6.10 Å². The molecule has 0 saturated heterocycles. The fraction of sp³-hybridized carbons (Fsp3) is 0.571. The molecule has 0 aromatic heterocycles. The molecule has 3 nitrogen and oxygen atoms in total. The molecule has 1 aliphatic carbocycles. The van der Waals surface area contributed by atoms with Crippen molar-refractivity contribution in [1.82, 2.24) is 0 Å². The first-order chi connectivity index (χ1) is 12.0. The zero-order valence-electron chi connectivity index (χ0n) is 16.1. The Balaban J connectivity index is 1.99. The molecule has 0 spiro atoms. The van der Waals surface area contributed by atoms with Crippen LogP contribution in [-0.2, 0) is 9.78 Å². The third kappa shape index (κ3) is 4.62. The lowest BCUT2D eigenvalue weighted by molar-refractivity contribution is -0.291. The standard InChI is InChI=1S/C21H32O3Si/c1-6-25(7-2,8-3)19-13-11-18(12-14-19)21(22)24-23-20-15-16(4)9-10-17(20)5/h6,11-14,16-17,20H,1,7-10,15H2,2-5H3. The van der Waals surface area contributed by atoms with Crippen LogP contribution in [0.4, 0.5) is 0 Å². The Morgan fingerprint density at radius 1 is 1.20 bits per heavy atom. The molecule has 2 rings (SSSR count). The molecule has 1 aliphatic rings. The number of hydrogen-bond acceptors (Lipinski definition) is 3. The summed E-state index contributed by atoms with van der Waals surface area (Å²) < 4.78 is 0. The fourth-order valence-electron chi connectivity index (χ4n) is 3.77. The van der Waals surface area contributed by atoms with Crippen LogP contribution >= 0.6 is 0 Å². The summed E-state index contributed by atoms with van der Waals surface area (Å²) >= 11 is 0. The summed E-state index contributed by atoms with van der Waals surface area (Å²) in [6, 6.07) is 10.1. The maximum atomic E-state index is 12.3. The molecule has 3 unspecified atom stereocenters. The van der Waals surface area contributed by atoms with Gasteiger partial charge in [-0.25, -0.2) is 4.79 Å². The molecule has 0 heterocycles. The third-order valence-electron chi connectivity index (χ3n) is 5.98. The molecule has 25 heavy (non-hydrogen) atoms. The smallest absolute Gasteiger partial charge is 0.293 e. The van der Waals surface area contributed by atoms with Gasteiger partial charge in [-0.1, -0.05) is 69.2 Å². The summed E-state index contributed by atoms with van der Waals surface area (Å²) in [7, 11) is -1.63. The monoisotopic (exact) mass is 360 g/mol. The van der Waals surface area contributed by atoms with E-state index in [4.69, 9.17) is 9.78 Å². The normalized spacial score (nSPS) is 23.9. The highest BCUT2D eigenvalue weighted by Gasteiger charge is 2.29. The quantitative estimate of drug-likeness (QED) is 0.389. The third-order valence-corrected chi connectivity index (χ3v) is 10.8. The van der Waals surface area contributed by atoms with Gasteiger partial charge in [-0.2, -0.15) is 4.89 Å². The van der Waals surface area contributed by atoms with Gasteiger partial charge in [-0.3, -0.25) is 4.89 Å². The average Bonchev–Trinajstić information content (AvgIpc) is 2.64. The van der Waals surface area contributed by atoms with E-state index in [9.17, 15) is 4.79 Å². The molecule has 0 amide bonds. The molecular weight excluding hydrogens is 328 g/mol. The average molecular weight is 361 g/mol. The van der Waals surface area contributed by atoms with E-state index in [2.05, 4.69) is 52.1 Å². The number of hydrogen-bond donors (Lipinski definition) is 0. The van der Waals surface area contributed by atoms with Gasteiger partial charge in [0.1, 0.15) is 14.2 Å². The number of carbonyl (C=O) groups excluding carboxylic acids is 1. The SMILES string of the molecule is C=C[Si](CC)(CC)c1ccc(C(=O)OOC2CC(C)CCC2C)cc1. The Bertz CT molecular complexity index is 577. The molecule has 0 radical (unpaired) electrons. The van der Waals surface area contributed by atoms with Crippen molar-refractivity contribution in [2.75, 3.05) is 0 Å². The van der Waals surface area contributed by atoms with Crippen molar-refractivity contribution in [3.63, 3.8) is 0 Å². The molecule has 138 valence electrons. The van der Waals surface area contributed by atoms with Crippen molar-refractivity contribution < 1.29 is 14.6 Å². The van der Waals surface area contributed by atoms with Crippen molar-refractivity contribution in [3.8, 4) is 0 Å². The molecule has 0 bridgehead atoms. The molecule has 3 atom stereocenters. The van der Waals surface area contributed by atoms with Crippen molar-refractivity contribution in [2.45, 2.75) is 65.1 Å². The number of rotatable bonds is 7. The second kappa shape index (κ2) is 8.81. The van der Waals surface area contributed by atoms with Gasteiger partial charge < -0.3 is 0 Å². The Hall–Kier alpha value is -1.39. The minimum Gasteiger partial charge on any atom is -0.293 e. The zero-order chi connectivity index (χ0) is 18.4. The number of carbonyl (C=O) groups is 1. The van der Waals surface area contributed by atoms with Crippen LogP contribution in [0.5, 0.6) is 0 Å². The van der Waals surface area contributed by atoms with Gasteiger partial charge >= 0.3 is 5.97 Å². The largest absolute Gasteiger partial charge is 0.373 e. The minimum absolute atomic E-state index is 0.00739. The van der Waals surface area contributed by atoms with Gasteiger partial charge in [-0.05, 0) is 36.8 Å². The lowest BCUT2D eigenvalue weighted by Crippen LogP contribution is -2.44. The highest BCUT2D eigenvalue weighted by Crippen LogP contribution is 2.30. The Morgan fingerprint density at radius 2 is 1.84 bits per heavy atom. The molecule has 0 N–H and O–H groups in total. The van der Waals surface area contributed by atoms with Crippen LogP contribution in [0.25, 0.3) is 0 Å². The molecule has 4 heteroatoms. The molecule has 1 aromatic carbocycles. The van der Waals surface area contributed by atoms with E-state index < -0.39 is 14.0 Å². The lowest BCUT2D eigenvalue weighted by atomic mass is 9.82. The van der Waals surface area contributed by atoms with Crippen molar-refractivity contribution >= 4 is 19.2 Å². The first-order valence-electron chi connectivity index (χ1n) is 9.57. The minimum atomic E-state index is -1.63. The van der Waals surface area contributed by atoms with E-state index in [0.29, 0.717) is 17.4 Å². The van der Waals surface area contributed by atoms with Crippen LogP contribution in [0.15, 0.2) is 36.5 Å². The van der Waals surface area contributed by atoms with E-state index in [1.54, 1.807) is 0 Å². The Morgan fingerprint density at radius 3 is 2.40 bits per heavy atom. The summed E-state index contributed by atoms with van der Waals surface area (Å²) in [6.07, 6.45) is 3.31. The summed E-state index contributed by atoms with van der Waals surface area (Å²) in [4.78, 5) is 22.9. The molecular formula is C21H32O3Si. The molecule has 1 fully saturated rings. The highest BCUT2D eigenvalue weighted by atomic mass is 28.3. The van der Waals surface area contributed by atoms with Crippen LogP contribution in [0, 0.1) is 11.8 Å². The van der Waals surface area contributed by atoms with E-state index in [0.717, 1.165) is 24.9 Å². The first-order valence-corrected chi connectivity index (χ1v) is 12.1.